The molecule has 0 N–H and O–H groups in total. The highest BCUT2D eigenvalue weighted by atomic mass is 35.5. The molecule has 0 saturated carbocycles. The highest BCUT2D eigenvalue weighted by molar-refractivity contribution is 6.31. The van der Waals surface area contributed by atoms with Crippen LogP contribution < -0.4 is 9.64 Å². The monoisotopic (exact) mass is 553 g/mol. The Hall–Kier alpha value is -3.26. The van der Waals surface area contributed by atoms with Crippen LogP contribution in [0.25, 0.3) is 0 Å². The van der Waals surface area contributed by atoms with Gasteiger partial charge >= 0.3 is 6.01 Å². The summed E-state index contributed by atoms with van der Waals surface area (Å²) in [5.41, 5.74) is 2.72. The van der Waals surface area contributed by atoms with E-state index in [9.17, 15) is 14.4 Å². The number of piperazine rings is 1. The van der Waals surface area contributed by atoms with E-state index in [0.717, 1.165) is 42.0 Å². The van der Waals surface area contributed by atoms with Crippen LogP contribution in [0.5, 0.6) is 6.01 Å². The highest BCUT2D eigenvalue weighted by Crippen LogP contribution is 2.34. The largest absolute Gasteiger partial charge is 0.462 e. The van der Waals surface area contributed by atoms with E-state index in [1.54, 1.807) is 11.0 Å². The number of benzene rings is 1. The molecule has 5 rings (SSSR count). The Morgan fingerprint density at radius 2 is 2.13 bits per heavy atom. The van der Waals surface area contributed by atoms with Gasteiger partial charge in [0.1, 0.15) is 18.2 Å². The maximum Gasteiger partial charge on any atom is 0.318 e. The second kappa shape index (κ2) is 11.9. The van der Waals surface area contributed by atoms with E-state index in [4.69, 9.17) is 26.3 Å². The summed E-state index contributed by atoms with van der Waals surface area (Å²) in [6.45, 7) is 8.41. The first-order valence-electron chi connectivity index (χ1n) is 13.3. The van der Waals surface area contributed by atoms with Gasteiger partial charge in [-0.3, -0.25) is 9.69 Å². The minimum atomic E-state index is -0.364. The molecule has 3 aliphatic heterocycles. The van der Waals surface area contributed by atoms with Crippen molar-refractivity contribution in [3.63, 3.8) is 0 Å². The Labute approximate surface area is 233 Å². The molecule has 206 valence electrons. The summed E-state index contributed by atoms with van der Waals surface area (Å²) in [6, 6.07) is 7.07. The van der Waals surface area contributed by atoms with E-state index < -0.39 is 0 Å². The summed E-state index contributed by atoms with van der Waals surface area (Å²) >= 11 is 6.32. The van der Waals surface area contributed by atoms with E-state index in [-0.39, 0.29) is 24.2 Å². The number of likely N-dealkylation sites (N-methyl/N-ethyl adjacent to an activating group) is 1. The van der Waals surface area contributed by atoms with E-state index in [1.807, 2.05) is 0 Å². The van der Waals surface area contributed by atoms with Crippen LogP contribution in [0.1, 0.15) is 36.1 Å². The normalized spacial score (nSPS) is 21.6. The molecule has 0 unspecified atom stereocenters. The Morgan fingerprint density at radius 1 is 1.28 bits per heavy atom. The van der Waals surface area contributed by atoms with Crippen molar-refractivity contribution in [2.75, 3.05) is 44.7 Å². The molecule has 2 atom stereocenters. The summed E-state index contributed by atoms with van der Waals surface area (Å²) in [6.07, 6.45) is 3.74. The first-order chi connectivity index (χ1) is 18.9. The number of nitrogens with zero attached hydrogens (tertiary/aromatic N) is 7. The SMILES string of the molecule is C=CC(=O)N1CCN(c2nc(OC[C@@H]3CCCN3C)nc3c2CN(Cc2ccc(F)cc2Cl)C3)C[C@@H]1CC#N. The third kappa shape index (κ3) is 6.01. The second-order valence-electron chi connectivity index (χ2n) is 10.4. The summed E-state index contributed by atoms with van der Waals surface area (Å²) in [5, 5.41) is 9.83. The molecule has 2 fully saturated rings. The maximum absolute atomic E-state index is 13.6. The van der Waals surface area contributed by atoms with Gasteiger partial charge in [-0.1, -0.05) is 24.2 Å². The van der Waals surface area contributed by atoms with Gasteiger partial charge in [-0.05, 0) is 50.2 Å². The number of rotatable bonds is 8. The molecule has 11 heteroatoms. The summed E-state index contributed by atoms with van der Waals surface area (Å²) in [7, 11) is 2.10. The minimum absolute atomic E-state index is 0.171. The molecule has 39 heavy (non-hydrogen) atoms. The molecular weight excluding hydrogens is 521 g/mol. The average molecular weight is 554 g/mol. The quantitative estimate of drug-likeness (QED) is 0.460. The number of hydrogen-bond donors (Lipinski definition) is 0. The smallest absolute Gasteiger partial charge is 0.318 e. The van der Waals surface area contributed by atoms with Crippen molar-refractivity contribution in [3.8, 4) is 12.1 Å². The van der Waals surface area contributed by atoms with Crippen molar-refractivity contribution in [1.29, 1.82) is 5.26 Å². The van der Waals surface area contributed by atoms with Gasteiger partial charge in [-0.2, -0.15) is 15.2 Å². The van der Waals surface area contributed by atoms with Crippen molar-refractivity contribution in [1.82, 2.24) is 24.7 Å². The topological polar surface area (TPSA) is 88.8 Å². The van der Waals surface area contributed by atoms with Crippen LogP contribution in [0.3, 0.4) is 0 Å². The zero-order valence-electron chi connectivity index (χ0n) is 22.2. The van der Waals surface area contributed by atoms with Crippen LogP contribution in [-0.4, -0.2) is 82.5 Å². The van der Waals surface area contributed by atoms with E-state index in [0.29, 0.717) is 63.0 Å². The number of aromatic nitrogens is 2. The van der Waals surface area contributed by atoms with Crippen molar-refractivity contribution in [2.45, 2.75) is 51.0 Å². The number of carbonyl (C=O) groups is 1. The van der Waals surface area contributed by atoms with Crippen molar-refractivity contribution in [2.24, 2.45) is 0 Å². The predicted octanol–water partition coefficient (Wildman–Crippen LogP) is 3.37. The van der Waals surface area contributed by atoms with Gasteiger partial charge in [0, 0.05) is 55.9 Å². The van der Waals surface area contributed by atoms with Crippen molar-refractivity contribution < 1.29 is 13.9 Å². The minimum Gasteiger partial charge on any atom is -0.462 e. The zero-order valence-corrected chi connectivity index (χ0v) is 22.9. The molecule has 1 aromatic heterocycles. The molecule has 0 bridgehead atoms. The lowest BCUT2D eigenvalue weighted by Gasteiger charge is -2.41. The number of anilines is 1. The lowest BCUT2D eigenvalue weighted by molar-refractivity contribution is -0.128. The molecular formula is C28H33ClFN7O2. The van der Waals surface area contributed by atoms with E-state index in [1.165, 1.54) is 18.2 Å². The lowest BCUT2D eigenvalue weighted by atomic mass is 10.1. The Bertz CT molecular complexity index is 1290. The fraction of sp³-hybridized carbons (Fsp3) is 0.500. The zero-order chi connectivity index (χ0) is 27.5. The van der Waals surface area contributed by atoms with Gasteiger partial charge < -0.3 is 19.4 Å². The van der Waals surface area contributed by atoms with E-state index >= 15 is 0 Å². The third-order valence-corrected chi connectivity index (χ3v) is 8.21. The van der Waals surface area contributed by atoms with Gasteiger partial charge in [0.2, 0.25) is 5.91 Å². The first-order valence-corrected chi connectivity index (χ1v) is 13.7. The van der Waals surface area contributed by atoms with Crippen molar-refractivity contribution >= 4 is 23.3 Å². The first kappa shape index (κ1) is 27.3. The molecule has 0 aliphatic carbocycles. The van der Waals surface area contributed by atoms with Crippen LogP contribution in [0.4, 0.5) is 10.2 Å². The highest BCUT2D eigenvalue weighted by Gasteiger charge is 2.34. The fourth-order valence-electron chi connectivity index (χ4n) is 5.70. The van der Waals surface area contributed by atoms with Gasteiger partial charge in [-0.25, -0.2) is 4.39 Å². The van der Waals surface area contributed by atoms with E-state index in [2.05, 4.69) is 34.4 Å². The standard InChI is InChI=1S/C28H33ClFN7O2/c1-3-26(38)37-12-11-36(15-21(37)8-9-31)27-23-16-35(14-19-6-7-20(30)13-24(19)29)17-25(23)32-28(33-27)39-18-22-5-4-10-34(22)2/h3,6-7,13,21-22H,1,4-5,8,10-12,14-18H2,2H3/t21-,22-/m0/s1. The van der Waals surface area contributed by atoms with Gasteiger partial charge in [-0.15, -0.1) is 0 Å². The maximum atomic E-state index is 13.6. The second-order valence-corrected chi connectivity index (χ2v) is 10.8. The Balaban J connectivity index is 1.41. The lowest BCUT2D eigenvalue weighted by Crippen LogP contribution is -2.55. The van der Waals surface area contributed by atoms with Crippen LogP contribution in [0.15, 0.2) is 30.9 Å². The van der Waals surface area contributed by atoms with Crippen LogP contribution >= 0.6 is 11.6 Å². The van der Waals surface area contributed by atoms with Crippen LogP contribution in [0, 0.1) is 17.1 Å². The van der Waals surface area contributed by atoms with Gasteiger partial charge in [0.15, 0.2) is 0 Å². The number of amides is 1. The van der Waals surface area contributed by atoms with Crippen molar-refractivity contribution in [3.05, 3.63) is 58.5 Å². The van der Waals surface area contributed by atoms with Crippen LogP contribution in [0.2, 0.25) is 5.02 Å². The predicted molar refractivity (Wildman–Crippen MR) is 146 cm³/mol. The number of halogens is 2. The molecule has 1 amide bonds. The van der Waals surface area contributed by atoms with Gasteiger partial charge in [0.05, 0.1) is 24.2 Å². The average Bonchev–Trinajstić information content (AvgIpc) is 3.53. The fourth-order valence-corrected chi connectivity index (χ4v) is 5.93. The molecule has 4 heterocycles. The molecule has 2 saturated heterocycles. The molecule has 3 aliphatic rings. The number of fused-ring (bicyclic) bond motifs is 1. The molecule has 2 aromatic rings. The summed E-state index contributed by atoms with van der Waals surface area (Å²) in [5.74, 6) is 0.239. The van der Waals surface area contributed by atoms with Crippen LogP contribution in [-0.2, 0) is 24.4 Å². The number of hydrogen-bond acceptors (Lipinski definition) is 8. The molecule has 0 radical (unpaired) electrons. The number of carbonyl (C=O) groups excluding carboxylic acids is 1. The summed E-state index contributed by atoms with van der Waals surface area (Å²) < 4.78 is 19.7. The number of ether oxygens (including phenoxy) is 1. The summed E-state index contributed by atoms with van der Waals surface area (Å²) in [4.78, 5) is 30.4. The third-order valence-electron chi connectivity index (χ3n) is 7.86. The van der Waals surface area contributed by atoms with Gasteiger partial charge in [0.25, 0.3) is 0 Å². The molecule has 9 nitrogen and oxygen atoms in total. The Morgan fingerprint density at radius 3 is 2.85 bits per heavy atom. The number of nitriles is 1. The number of likely N-dealkylation sites (tertiary alicyclic amines) is 1. The molecule has 0 spiro atoms. The molecule has 1 aromatic carbocycles. The Kier molecular flexibility index (Phi) is 8.31.